The maximum absolute atomic E-state index is 13.9. The number of thiophene rings is 2. The number of benzene rings is 2. The van der Waals surface area contributed by atoms with E-state index in [1.54, 1.807) is 0 Å². The molecule has 252 valence electrons. The molecule has 4 aromatic heterocycles. The second kappa shape index (κ2) is 10.7. The van der Waals surface area contributed by atoms with Crippen molar-refractivity contribution in [3.63, 3.8) is 0 Å². The summed E-state index contributed by atoms with van der Waals surface area (Å²) in [7, 11) is 0. The van der Waals surface area contributed by atoms with Gasteiger partial charge < -0.3 is 4.74 Å². The lowest BCUT2D eigenvalue weighted by Crippen LogP contribution is -2.37. The van der Waals surface area contributed by atoms with Crippen molar-refractivity contribution in [3.05, 3.63) is 96.5 Å². The lowest BCUT2D eigenvalue weighted by atomic mass is 9.78. The van der Waals surface area contributed by atoms with E-state index in [2.05, 4.69) is 0 Å². The second-order valence-corrected chi connectivity index (χ2v) is 16.7. The summed E-state index contributed by atoms with van der Waals surface area (Å²) in [6.45, 7) is 0. The van der Waals surface area contributed by atoms with Crippen molar-refractivity contribution in [3.8, 4) is 15.5 Å². The van der Waals surface area contributed by atoms with E-state index in [1.807, 2.05) is 0 Å². The van der Waals surface area contributed by atoms with Crippen LogP contribution in [0.1, 0.15) is 89.1 Å². The first-order valence-electron chi connectivity index (χ1n) is 15.7. The largest absolute Gasteiger partial charge is 0.479 e. The number of halogens is 4. The molecular weight excluding hydrogens is 745 g/mol. The first kappa shape index (κ1) is 31.1. The minimum Gasteiger partial charge on any atom is -0.479 e. The van der Waals surface area contributed by atoms with Crippen LogP contribution in [0.15, 0.2) is 35.4 Å². The molecule has 15 heteroatoms. The minimum absolute atomic E-state index is 0.175. The minimum atomic E-state index is -1.21. The summed E-state index contributed by atoms with van der Waals surface area (Å²) in [4.78, 5) is 64.8. The standard InChI is InChI=1S/C36H16F4N2O5S4/c37-18-6-12-13(7-19(18)38)26(44)16(25(12)43)10-22-41-34-31(48-22)24-30(50-34)32-29(47-36(24)4-2-1-3-5-36)33-35(51-32)42-23(49-33)11-17-27(45)14-8-20(39)21(40)9-15(14)28(17)46/h6-11H,1-5H2. The molecule has 1 fully saturated rings. The third kappa shape index (κ3) is 4.31. The predicted octanol–water partition coefficient (Wildman–Crippen LogP) is 9.73. The van der Waals surface area contributed by atoms with E-state index in [0.29, 0.717) is 25.4 Å². The quantitative estimate of drug-likeness (QED) is 0.0984. The molecular formula is C36H16F4N2O5S4. The molecule has 3 aliphatic carbocycles. The highest BCUT2D eigenvalue weighted by atomic mass is 32.1. The van der Waals surface area contributed by atoms with Crippen LogP contribution >= 0.6 is 45.3 Å². The van der Waals surface area contributed by atoms with Crippen molar-refractivity contribution in [2.75, 3.05) is 0 Å². The Morgan fingerprint density at radius 1 is 0.588 bits per heavy atom. The predicted molar refractivity (Wildman–Crippen MR) is 185 cm³/mol. The molecule has 1 spiro atoms. The molecule has 0 radical (unpaired) electrons. The first-order valence-corrected chi connectivity index (χ1v) is 18.9. The van der Waals surface area contributed by atoms with Gasteiger partial charge in [-0.3, -0.25) is 19.2 Å². The van der Waals surface area contributed by atoms with Crippen molar-refractivity contribution in [2.45, 2.75) is 37.7 Å². The topological polar surface area (TPSA) is 103 Å². The molecule has 0 unspecified atom stereocenters. The van der Waals surface area contributed by atoms with Crippen LogP contribution in [0, 0.1) is 23.3 Å². The highest BCUT2D eigenvalue weighted by molar-refractivity contribution is 7.34. The number of fused-ring (bicyclic) bond motifs is 10. The van der Waals surface area contributed by atoms with Crippen LogP contribution in [-0.2, 0) is 5.60 Å². The van der Waals surface area contributed by atoms with E-state index >= 15 is 0 Å². The number of thiazole rings is 2. The number of carbonyl (C=O) groups is 4. The Kier molecular flexibility index (Phi) is 6.50. The average molecular weight is 761 g/mol. The van der Waals surface area contributed by atoms with E-state index in [0.717, 1.165) is 81.1 Å². The number of ether oxygens (including phenoxy) is 1. The smallest absolute Gasteiger partial charge is 0.197 e. The molecule has 0 amide bonds. The van der Waals surface area contributed by atoms with E-state index in [-0.39, 0.29) is 33.4 Å². The van der Waals surface area contributed by atoms with Crippen LogP contribution in [0.5, 0.6) is 5.75 Å². The maximum atomic E-state index is 13.9. The zero-order valence-electron chi connectivity index (χ0n) is 25.6. The first-order chi connectivity index (χ1) is 24.5. The second-order valence-electron chi connectivity index (χ2n) is 12.7. The molecule has 51 heavy (non-hydrogen) atoms. The molecule has 5 heterocycles. The third-order valence-electron chi connectivity index (χ3n) is 9.72. The van der Waals surface area contributed by atoms with Crippen LogP contribution in [-0.4, -0.2) is 33.1 Å². The van der Waals surface area contributed by atoms with Gasteiger partial charge in [-0.25, -0.2) is 27.5 Å². The fourth-order valence-electron chi connectivity index (χ4n) is 7.38. The summed E-state index contributed by atoms with van der Waals surface area (Å²) in [6, 6.07) is 3.00. The number of nitrogens with zero attached hydrogens (tertiary/aromatic N) is 2. The van der Waals surface area contributed by atoms with Crippen molar-refractivity contribution in [1.29, 1.82) is 0 Å². The Balaban J connectivity index is 1.05. The molecule has 10 rings (SSSR count). The van der Waals surface area contributed by atoms with Gasteiger partial charge in [-0.2, -0.15) is 0 Å². The van der Waals surface area contributed by atoms with Gasteiger partial charge in [0.2, 0.25) is 0 Å². The van der Waals surface area contributed by atoms with Crippen LogP contribution in [0.2, 0.25) is 0 Å². The van der Waals surface area contributed by atoms with Gasteiger partial charge in [-0.1, -0.05) is 6.42 Å². The molecule has 0 saturated heterocycles. The van der Waals surface area contributed by atoms with E-state index in [4.69, 9.17) is 14.7 Å². The number of hydrogen-bond acceptors (Lipinski definition) is 11. The maximum Gasteiger partial charge on any atom is 0.197 e. The fourth-order valence-corrected chi connectivity index (χ4v) is 12.4. The number of Topliss-reactive ketones (excluding diaryl/α,β-unsaturated/α-hetero) is 4. The Bertz CT molecular complexity index is 2660. The summed E-state index contributed by atoms with van der Waals surface area (Å²) in [5.41, 5.74) is -0.796. The Labute approximate surface area is 299 Å². The summed E-state index contributed by atoms with van der Waals surface area (Å²) in [6.07, 6.45) is 7.13. The Hall–Kier alpha value is -4.70. The van der Waals surface area contributed by atoms with Gasteiger partial charge in [-0.15, -0.1) is 45.3 Å². The Morgan fingerprint density at radius 3 is 1.51 bits per heavy atom. The molecule has 6 aromatic rings. The van der Waals surface area contributed by atoms with Crippen LogP contribution in [0.3, 0.4) is 0 Å². The van der Waals surface area contributed by atoms with E-state index < -0.39 is 52.0 Å². The van der Waals surface area contributed by atoms with Gasteiger partial charge >= 0.3 is 0 Å². The van der Waals surface area contributed by atoms with Gasteiger partial charge in [0.25, 0.3) is 0 Å². The van der Waals surface area contributed by atoms with Crippen LogP contribution in [0.4, 0.5) is 17.6 Å². The highest BCUT2D eigenvalue weighted by Crippen LogP contribution is 2.62. The number of ketones is 4. The Morgan fingerprint density at radius 2 is 1.02 bits per heavy atom. The van der Waals surface area contributed by atoms with E-state index in [9.17, 15) is 36.7 Å². The summed E-state index contributed by atoms with van der Waals surface area (Å²) < 4.78 is 64.1. The molecule has 2 aromatic carbocycles. The van der Waals surface area contributed by atoms with E-state index in [1.165, 1.54) is 57.5 Å². The lowest BCUT2D eigenvalue weighted by molar-refractivity contribution is 0.0282. The van der Waals surface area contributed by atoms with Crippen LogP contribution in [0.25, 0.3) is 41.0 Å². The molecule has 7 nitrogen and oxygen atoms in total. The number of aromatic nitrogens is 2. The van der Waals surface area contributed by atoms with Gasteiger partial charge in [0, 0.05) is 27.8 Å². The van der Waals surface area contributed by atoms with Gasteiger partial charge in [0.05, 0.1) is 25.6 Å². The van der Waals surface area contributed by atoms with Crippen molar-refractivity contribution in [1.82, 2.24) is 9.97 Å². The lowest BCUT2D eigenvalue weighted by Gasteiger charge is -2.40. The molecule has 1 saturated carbocycles. The molecule has 0 N–H and O–H groups in total. The van der Waals surface area contributed by atoms with Gasteiger partial charge in [0.15, 0.2) is 52.2 Å². The normalized spacial score (nSPS) is 17.4. The fraction of sp³-hybridized carbons (Fsp3) is 0.167. The molecule has 0 bridgehead atoms. The number of allylic oxidation sites excluding steroid dienone is 2. The molecule has 1 aliphatic heterocycles. The number of hydrogen-bond donors (Lipinski definition) is 0. The third-order valence-corrected chi connectivity index (χ3v) is 14.3. The van der Waals surface area contributed by atoms with Gasteiger partial charge in [-0.05, 0) is 62.1 Å². The summed E-state index contributed by atoms with van der Waals surface area (Å²) >= 11 is 5.47. The number of rotatable bonds is 2. The van der Waals surface area contributed by atoms with Crippen molar-refractivity contribution >= 4 is 99.7 Å². The van der Waals surface area contributed by atoms with Gasteiger partial charge in [0.1, 0.15) is 30.0 Å². The summed E-state index contributed by atoms with van der Waals surface area (Å²) in [5.74, 6) is -6.88. The highest BCUT2D eigenvalue weighted by Gasteiger charge is 2.47. The molecule has 4 aliphatic rings. The SMILES string of the molecule is O=C1C(=Cc2nc3sc4c(c3s2)OC2(CCCCC2)c2c-4sc3nc(C=C4C(=O)c5cc(F)c(F)cc5C4=O)sc23)C(=O)c2cc(F)c(F)cc21. The average Bonchev–Trinajstić information content (AvgIpc) is 3.92. The molecule has 0 atom stereocenters. The zero-order chi connectivity index (χ0) is 35.1. The van der Waals surface area contributed by atoms with Crippen molar-refractivity contribution in [2.24, 2.45) is 0 Å². The zero-order valence-corrected chi connectivity index (χ0v) is 28.8. The monoisotopic (exact) mass is 760 g/mol. The van der Waals surface area contributed by atoms with Crippen molar-refractivity contribution < 1.29 is 41.5 Å². The summed E-state index contributed by atoms with van der Waals surface area (Å²) in [5, 5.41) is 0.795. The number of carbonyl (C=O) groups excluding carboxylic acids is 4. The van der Waals surface area contributed by atoms with Crippen LogP contribution < -0.4 is 4.74 Å².